The van der Waals surface area contributed by atoms with Gasteiger partial charge in [-0.25, -0.2) is 9.78 Å². The molecule has 0 unspecified atom stereocenters. The fraction of sp³-hybridized carbons (Fsp3) is 0.250. The zero-order valence-electron chi connectivity index (χ0n) is 12.3. The van der Waals surface area contributed by atoms with Crippen molar-refractivity contribution in [2.45, 2.75) is 17.7 Å². The summed E-state index contributed by atoms with van der Waals surface area (Å²) in [5.41, 5.74) is 2.74. The fourth-order valence-corrected chi connectivity index (χ4v) is 2.66. The van der Waals surface area contributed by atoms with Crippen molar-refractivity contribution in [3.63, 3.8) is 0 Å². The van der Waals surface area contributed by atoms with Crippen LogP contribution >= 0.6 is 11.8 Å². The molecule has 0 saturated heterocycles. The summed E-state index contributed by atoms with van der Waals surface area (Å²) >= 11 is 1.59. The number of carbonyl (C=O) groups is 1. The van der Waals surface area contributed by atoms with Crippen molar-refractivity contribution in [1.29, 1.82) is 0 Å². The maximum atomic E-state index is 11.3. The predicted molar refractivity (Wildman–Crippen MR) is 82.9 cm³/mol. The van der Waals surface area contributed by atoms with Gasteiger partial charge >= 0.3 is 5.97 Å². The molecule has 0 amide bonds. The largest absolute Gasteiger partial charge is 0.496 e. The SMILES string of the molecule is COC(=O)c1ccc(SCc2ccc(C)cc2OC)nc1. The molecular formula is C16H17NO3S. The Morgan fingerprint density at radius 3 is 2.67 bits per heavy atom. The molecule has 0 fully saturated rings. The molecule has 1 heterocycles. The van der Waals surface area contributed by atoms with E-state index in [-0.39, 0.29) is 5.97 Å². The average molecular weight is 303 g/mol. The number of benzene rings is 1. The van der Waals surface area contributed by atoms with Gasteiger partial charge in [-0.15, -0.1) is 11.8 Å². The van der Waals surface area contributed by atoms with Gasteiger partial charge in [0.2, 0.25) is 0 Å². The third-order valence-electron chi connectivity index (χ3n) is 2.98. The quantitative estimate of drug-likeness (QED) is 0.625. The summed E-state index contributed by atoms with van der Waals surface area (Å²) in [4.78, 5) is 15.6. The number of carbonyl (C=O) groups excluding carboxylic acids is 1. The van der Waals surface area contributed by atoms with Crippen molar-refractivity contribution in [3.8, 4) is 5.75 Å². The highest BCUT2D eigenvalue weighted by atomic mass is 32.2. The molecule has 0 spiro atoms. The topological polar surface area (TPSA) is 48.4 Å². The number of rotatable bonds is 5. The minimum absolute atomic E-state index is 0.376. The Balaban J connectivity index is 2.05. The van der Waals surface area contributed by atoms with Crippen molar-refractivity contribution in [1.82, 2.24) is 4.98 Å². The molecule has 0 atom stereocenters. The highest BCUT2D eigenvalue weighted by Crippen LogP contribution is 2.27. The van der Waals surface area contributed by atoms with Crippen molar-refractivity contribution >= 4 is 17.7 Å². The van der Waals surface area contributed by atoms with Crippen LogP contribution in [0.5, 0.6) is 5.75 Å². The van der Waals surface area contributed by atoms with Crippen LogP contribution in [-0.2, 0) is 10.5 Å². The molecule has 1 aromatic carbocycles. The molecule has 1 aromatic heterocycles. The number of hydrogen-bond acceptors (Lipinski definition) is 5. The third-order valence-corrected chi connectivity index (χ3v) is 3.97. The lowest BCUT2D eigenvalue weighted by atomic mass is 10.1. The van der Waals surface area contributed by atoms with E-state index >= 15 is 0 Å². The van der Waals surface area contributed by atoms with Gasteiger partial charge in [-0.3, -0.25) is 0 Å². The summed E-state index contributed by atoms with van der Waals surface area (Å²) < 4.78 is 10.0. The summed E-state index contributed by atoms with van der Waals surface area (Å²) in [6.07, 6.45) is 1.53. The van der Waals surface area contributed by atoms with Gasteiger partial charge in [0.05, 0.1) is 24.8 Å². The van der Waals surface area contributed by atoms with Crippen molar-refractivity contribution < 1.29 is 14.3 Å². The van der Waals surface area contributed by atoms with Crippen molar-refractivity contribution in [2.75, 3.05) is 14.2 Å². The summed E-state index contributed by atoms with van der Waals surface area (Å²) in [5, 5.41) is 0.852. The molecule has 0 aliphatic heterocycles. The standard InChI is InChI=1S/C16H17NO3S/c1-11-4-5-13(14(8-11)19-2)10-21-15-7-6-12(9-17-15)16(18)20-3/h4-9H,10H2,1-3H3. The van der Waals surface area contributed by atoms with Gasteiger partial charge in [-0.2, -0.15) is 0 Å². The van der Waals surface area contributed by atoms with Crippen molar-refractivity contribution in [2.24, 2.45) is 0 Å². The number of aromatic nitrogens is 1. The Morgan fingerprint density at radius 1 is 1.24 bits per heavy atom. The smallest absolute Gasteiger partial charge is 0.339 e. The predicted octanol–water partition coefficient (Wildman–Crippen LogP) is 3.48. The van der Waals surface area contributed by atoms with Crippen LogP contribution in [0.1, 0.15) is 21.5 Å². The monoisotopic (exact) mass is 303 g/mol. The molecule has 0 N–H and O–H groups in total. The van der Waals surface area contributed by atoms with Gasteiger partial charge < -0.3 is 9.47 Å². The van der Waals surface area contributed by atoms with Gasteiger partial charge in [0.25, 0.3) is 0 Å². The molecule has 0 aliphatic carbocycles. The van der Waals surface area contributed by atoms with Gasteiger partial charge in [-0.05, 0) is 30.7 Å². The van der Waals surface area contributed by atoms with Crippen LogP contribution < -0.4 is 4.74 Å². The average Bonchev–Trinajstić information content (AvgIpc) is 2.53. The number of nitrogens with zero attached hydrogens (tertiary/aromatic N) is 1. The van der Waals surface area contributed by atoms with Gasteiger partial charge in [0.1, 0.15) is 5.75 Å². The van der Waals surface area contributed by atoms with E-state index in [4.69, 9.17) is 4.74 Å². The summed E-state index contributed by atoms with van der Waals surface area (Å²) in [6, 6.07) is 9.67. The van der Waals surface area contributed by atoms with E-state index in [9.17, 15) is 4.79 Å². The van der Waals surface area contributed by atoms with E-state index in [1.54, 1.807) is 24.9 Å². The molecular weight excluding hydrogens is 286 g/mol. The lowest BCUT2D eigenvalue weighted by molar-refractivity contribution is 0.0600. The molecule has 0 bridgehead atoms. The Morgan fingerprint density at radius 2 is 2.05 bits per heavy atom. The normalized spacial score (nSPS) is 10.2. The number of pyridine rings is 1. The first-order chi connectivity index (χ1) is 10.1. The lowest BCUT2D eigenvalue weighted by Gasteiger charge is -2.09. The first kappa shape index (κ1) is 15.4. The molecule has 5 heteroatoms. The Hall–Kier alpha value is -2.01. The second-order valence-electron chi connectivity index (χ2n) is 4.48. The van der Waals surface area contributed by atoms with Crippen LogP contribution in [0.3, 0.4) is 0 Å². The van der Waals surface area contributed by atoms with Crippen LogP contribution in [0.2, 0.25) is 0 Å². The molecule has 21 heavy (non-hydrogen) atoms. The highest BCUT2D eigenvalue weighted by molar-refractivity contribution is 7.98. The zero-order chi connectivity index (χ0) is 15.2. The van der Waals surface area contributed by atoms with Crippen LogP contribution in [0.4, 0.5) is 0 Å². The zero-order valence-corrected chi connectivity index (χ0v) is 13.1. The van der Waals surface area contributed by atoms with Crippen LogP contribution in [0.15, 0.2) is 41.6 Å². The van der Waals surface area contributed by atoms with Crippen LogP contribution in [0, 0.1) is 6.92 Å². The molecule has 4 nitrogen and oxygen atoms in total. The van der Waals surface area contributed by atoms with E-state index < -0.39 is 0 Å². The van der Waals surface area contributed by atoms with Crippen LogP contribution in [0.25, 0.3) is 0 Å². The fourth-order valence-electron chi connectivity index (χ4n) is 1.83. The number of methoxy groups -OCH3 is 2. The number of aryl methyl sites for hydroxylation is 1. The molecule has 0 aliphatic rings. The first-order valence-corrected chi connectivity index (χ1v) is 7.43. The maximum absolute atomic E-state index is 11.3. The summed E-state index contributed by atoms with van der Waals surface area (Å²) in [7, 11) is 3.03. The van der Waals surface area contributed by atoms with E-state index in [2.05, 4.69) is 21.9 Å². The maximum Gasteiger partial charge on any atom is 0.339 e. The van der Waals surface area contributed by atoms with Gasteiger partial charge in [0, 0.05) is 17.5 Å². The Labute approximate surface area is 128 Å². The number of thioether (sulfide) groups is 1. The lowest BCUT2D eigenvalue weighted by Crippen LogP contribution is -2.01. The van der Waals surface area contributed by atoms with E-state index in [0.29, 0.717) is 5.56 Å². The highest BCUT2D eigenvalue weighted by Gasteiger charge is 2.07. The van der Waals surface area contributed by atoms with Crippen LogP contribution in [-0.4, -0.2) is 25.2 Å². The van der Waals surface area contributed by atoms with E-state index in [0.717, 1.165) is 22.1 Å². The molecule has 110 valence electrons. The Kier molecular flexibility index (Phi) is 5.22. The Bertz CT molecular complexity index is 626. The minimum atomic E-state index is -0.376. The van der Waals surface area contributed by atoms with Gasteiger partial charge in [0.15, 0.2) is 0 Å². The van der Waals surface area contributed by atoms with E-state index in [1.807, 2.05) is 19.1 Å². The first-order valence-electron chi connectivity index (χ1n) is 6.44. The second-order valence-corrected chi connectivity index (χ2v) is 5.48. The number of ether oxygens (including phenoxy) is 2. The summed E-state index contributed by atoms with van der Waals surface area (Å²) in [6.45, 7) is 2.03. The summed E-state index contributed by atoms with van der Waals surface area (Å²) in [5.74, 6) is 1.27. The molecule has 0 saturated carbocycles. The number of esters is 1. The molecule has 0 radical (unpaired) electrons. The molecule has 2 aromatic rings. The van der Waals surface area contributed by atoms with Gasteiger partial charge in [-0.1, -0.05) is 12.1 Å². The second kappa shape index (κ2) is 7.13. The third kappa shape index (κ3) is 3.98. The van der Waals surface area contributed by atoms with E-state index in [1.165, 1.54) is 18.9 Å². The van der Waals surface area contributed by atoms with Crippen molar-refractivity contribution in [3.05, 3.63) is 53.2 Å². The molecule has 2 rings (SSSR count). The minimum Gasteiger partial charge on any atom is -0.496 e. The number of hydrogen-bond donors (Lipinski definition) is 0.